The minimum absolute atomic E-state index is 0.127. The number of nitrogens with zero attached hydrogens (tertiary/aromatic N) is 5. The number of fused-ring (bicyclic) bond motifs is 1. The zero-order chi connectivity index (χ0) is 21.2. The van der Waals surface area contributed by atoms with Crippen LogP contribution in [0.2, 0.25) is 0 Å². The summed E-state index contributed by atoms with van der Waals surface area (Å²) in [4.78, 5) is 31.1. The van der Waals surface area contributed by atoms with Gasteiger partial charge in [-0.2, -0.15) is 0 Å². The van der Waals surface area contributed by atoms with E-state index in [-0.39, 0.29) is 11.7 Å². The summed E-state index contributed by atoms with van der Waals surface area (Å²) in [5.74, 6) is 1.70. The van der Waals surface area contributed by atoms with Gasteiger partial charge < -0.3 is 14.2 Å². The number of benzene rings is 1. The zero-order valence-electron chi connectivity index (χ0n) is 18.0. The zero-order valence-corrected chi connectivity index (χ0v) is 18.0. The molecule has 2 aliphatic rings. The molecule has 0 bridgehead atoms. The third kappa shape index (κ3) is 4.52. The van der Waals surface area contributed by atoms with Crippen LogP contribution in [-0.2, 0) is 11.2 Å². The monoisotopic (exact) mass is 419 g/mol. The van der Waals surface area contributed by atoms with Crippen LogP contribution in [0.25, 0.3) is 22.2 Å². The standard InChI is InChI=1S/C24H29N5O2/c1-28-8-6-20(7-9-28)29-10-4-17(5-11-29)22(30)13-24-26-14-19-3-2-18(12-21(19)27-24)23-15-25-16-31-23/h2-3,12,14-17,20H,4-11,13H2,1H3. The number of ketones is 1. The quantitative estimate of drug-likeness (QED) is 0.629. The fourth-order valence-corrected chi connectivity index (χ4v) is 4.91. The van der Waals surface area contributed by atoms with Gasteiger partial charge in [-0.15, -0.1) is 0 Å². The Kier molecular flexibility index (Phi) is 5.78. The van der Waals surface area contributed by atoms with Crippen molar-refractivity contribution in [2.45, 2.75) is 38.1 Å². The molecule has 5 rings (SSSR count). The summed E-state index contributed by atoms with van der Waals surface area (Å²) in [6.45, 7) is 4.43. The van der Waals surface area contributed by atoms with Gasteiger partial charge in [-0.05, 0) is 65.0 Å². The first-order valence-electron chi connectivity index (χ1n) is 11.3. The van der Waals surface area contributed by atoms with E-state index in [9.17, 15) is 4.79 Å². The second-order valence-electron chi connectivity index (χ2n) is 8.91. The van der Waals surface area contributed by atoms with Gasteiger partial charge in [0.25, 0.3) is 0 Å². The van der Waals surface area contributed by atoms with Gasteiger partial charge in [0.05, 0.1) is 18.1 Å². The lowest BCUT2D eigenvalue weighted by atomic mass is 9.89. The number of carbonyl (C=O) groups excluding carboxylic acids is 1. The Morgan fingerprint density at radius 1 is 1.10 bits per heavy atom. The van der Waals surface area contributed by atoms with Gasteiger partial charge >= 0.3 is 0 Å². The molecule has 3 aromatic rings. The van der Waals surface area contributed by atoms with E-state index < -0.39 is 0 Å². The molecular weight excluding hydrogens is 390 g/mol. The van der Waals surface area contributed by atoms with E-state index in [2.05, 4.69) is 31.8 Å². The molecular formula is C24H29N5O2. The first-order chi connectivity index (χ1) is 15.2. The number of hydrogen-bond donors (Lipinski definition) is 0. The lowest BCUT2D eigenvalue weighted by Crippen LogP contribution is -2.47. The van der Waals surface area contributed by atoms with Gasteiger partial charge in [0, 0.05) is 29.1 Å². The van der Waals surface area contributed by atoms with Crippen molar-refractivity contribution in [3.05, 3.63) is 42.8 Å². The minimum Gasteiger partial charge on any atom is -0.444 e. The molecule has 0 unspecified atom stereocenters. The molecule has 0 spiro atoms. The van der Waals surface area contributed by atoms with Crippen molar-refractivity contribution in [2.75, 3.05) is 33.2 Å². The highest BCUT2D eigenvalue weighted by molar-refractivity contribution is 5.85. The highest BCUT2D eigenvalue weighted by Crippen LogP contribution is 2.26. The van der Waals surface area contributed by atoms with Crippen molar-refractivity contribution in [1.82, 2.24) is 24.8 Å². The molecule has 0 aliphatic carbocycles. The van der Waals surface area contributed by atoms with E-state index in [1.165, 1.54) is 32.3 Å². The molecule has 0 atom stereocenters. The van der Waals surface area contributed by atoms with E-state index in [1.807, 2.05) is 18.2 Å². The molecule has 162 valence electrons. The average molecular weight is 420 g/mol. The van der Waals surface area contributed by atoms with Gasteiger partial charge in [0.2, 0.25) is 0 Å². The van der Waals surface area contributed by atoms with Crippen molar-refractivity contribution >= 4 is 16.7 Å². The predicted octanol–water partition coefficient (Wildman–Crippen LogP) is 3.20. The largest absolute Gasteiger partial charge is 0.444 e. The third-order valence-electron chi connectivity index (χ3n) is 6.87. The van der Waals surface area contributed by atoms with Crippen LogP contribution in [-0.4, -0.2) is 69.8 Å². The third-order valence-corrected chi connectivity index (χ3v) is 6.87. The molecule has 31 heavy (non-hydrogen) atoms. The van der Waals surface area contributed by atoms with Crippen LogP contribution in [0.4, 0.5) is 0 Å². The Balaban J connectivity index is 1.21. The van der Waals surface area contributed by atoms with Crippen LogP contribution in [0.3, 0.4) is 0 Å². The molecule has 2 aromatic heterocycles. The molecule has 2 aliphatic heterocycles. The first kappa shape index (κ1) is 20.3. The molecule has 1 aromatic carbocycles. The van der Waals surface area contributed by atoms with Crippen LogP contribution < -0.4 is 0 Å². The number of piperidine rings is 2. The van der Waals surface area contributed by atoms with Crippen LogP contribution >= 0.6 is 0 Å². The normalized spacial score (nSPS) is 19.8. The molecule has 0 saturated carbocycles. The average Bonchev–Trinajstić information content (AvgIpc) is 3.34. The fourth-order valence-electron chi connectivity index (χ4n) is 4.91. The summed E-state index contributed by atoms with van der Waals surface area (Å²) in [6.07, 6.45) is 9.61. The Morgan fingerprint density at radius 2 is 1.90 bits per heavy atom. The Morgan fingerprint density at radius 3 is 2.65 bits per heavy atom. The Hall–Kier alpha value is -2.64. The van der Waals surface area contributed by atoms with Crippen LogP contribution in [0, 0.1) is 5.92 Å². The van der Waals surface area contributed by atoms with E-state index in [0.29, 0.717) is 24.0 Å². The smallest absolute Gasteiger partial charge is 0.181 e. The number of carbonyl (C=O) groups is 1. The number of hydrogen-bond acceptors (Lipinski definition) is 7. The molecule has 2 fully saturated rings. The van der Waals surface area contributed by atoms with E-state index in [0.717, 1.165) is 42.4 Å². The molecule has 2 saturated heterocycles. The highest BCUT2D eigenvalue weighted by atomic mass is 16.3. The summed E-state index contributed by atoms with van der Waals surface area (Å²) in [5, 5.41) is 0.950. The molecule has 0 radical (unpaired) electrons. The van der Waals surface area contributed by atoms with Gasteiger partial charge in [0.15, 0.2) is 12.2 Å². The van der Waals surface area contributed by atoms with Crippen LogP contribution in [0.1, 0.15) is 31.5 Å². The summed E-state index contributed by atoms with van der Waals surface area (Å²) in [6, 6.07) is 6.59. The molecule has 0 amide bonds. The summed E-state index contributed by atoms with van der Waals surface area (Å²) >= 11 is 0. The number of aromatic nitrogens is 3. The summed E-state index contributed by atoms with van der Waals surface area (Å²) in [5.41, 5.74) is 1.74. The van der Waals surface area contributed by atoms with E-state index in [1.54, 1.807) is 12.4 Å². The van der Waals surface area contributed by atoms with E-state index in [4.69, 9.17) is 4.42 Å². The van der Waals surface area contributed by atoms with Crippen molar-refractivity contribution in [1.29, 1.82) is 0 Å². The lowest BCUT2D eigenvalue weighted by Gasteiger charge is -2.40. The van der Waals surface area contributed by atoms with Crippen molar-refractivity contribution in [3.63, 3.8) is 0 Å². The number of rotatable bonds is 5. The fraction of sp³-hybridized carbons (Fsp3) is 0.500. The summed E-state index contributed by atoms with van der Waals surface area (Å²) < 4.78 is 5.39. The van der Waals surface area contributed by atoms with Crippen molar-refractivity contribution in [2.24, 2.45) is 5.92 Å². The van der Waals surface area contributed by atoms with Gasteiger partial charge in [-0.25, -0.2) is 15.0 Å². The maximum Gasteiger partial charge on any atom is 0.181 e. The minimum atomic E-state index is 0.127. The summed E-state index contributed by atoms with van der Waals surface area (Å²) in [7, 11) is 2.20. The van der Waals surface area contributed by atoms with Gasteiger partial charge in [-0.3, -0.25) is 4.79 Å². The number of Topliss-reactive ketones (excluding diaryl/α,β-unsaturated/α-hetero) is 1. The lowest BCUT2D eigenvalue weighted by molar-refractivity contribution is -0.124. The predicted molar refractivity (Wildman–Crippen MR) is 119 cm³/mol. The maximum absolute atomic E-state index is 13.0. The second kappa shape index (κ2) is 8.85. The van der Waals surface area contributed by atoms with Crippen molar-refractivity contribution < 1.29 is 9.21 Å². The maximum atomic E-state index is 13.0. The Labute approximate surface area is 182 Å². The molecule has 7 nitrogen and oxygen atoms in total. The van der Waals surface area contributed by atoms with Gasteiger partial charge in [0.1, 0.15) is 11.6 Å². The van der Waals surface area contributed by atoms with E-state index >= 15 is 0 Å². The SMILES string of the molecule is CN1CCC(N2CCC(C(=O)Cc3ncc4ccc(-c5cnco5)cc4n3)CC2)CC1. The van der Waals surface area contributed by atoms with Crippen LogP contribution in [0.5, 0.6) is 0 Å². The highest BCUT2D eigenvalue weighted by Gasteiger charge is 2.30. The topological polar surface area (TPSA) is 75.4 Å². The second-order valence-corrected chi connectivity index (χ2v) is 8.91. The number of oxazole rings is 1. The van der Waals surface area contributed by atoms with Crippen molar-refractivity contribution in [3.8, 4) is 11.3 Å². The van der Waals surface area contributed by atoms with Gasteiger partial charge in [-0.1, -0.05) is 12.1 Å². The molecule has 7 heteroatoms. The molecule has 4 heterocycles. The van der Waals surface area contributed by atoms with Crippen LogP contribution in [0.15, 0.2) is 41.4 Å². The first-order valence-corrected chi connectivity index (χ1v) is 11.3. The molecule has 0 N–H and O–H groups in total. The Bertz CT molecular complexity index is 1040. The number of likely N-dealkylation sites (tertiary alicyclic amines) is 2.